The molecule has 2 rings (SSSR count). The highest BCUT2D eigenvalue weighted by atomic mass is 32.1. The molecule has 1 atom stereocenters. The first-order valence-electron chi connectivity index (χ1n) is 7.55. The minimum absolute atomic E-state index is 0.000233. The summed E-state index contributed by atoms with van der Waals surface area (Å²) in [6.07, 6.45) is 1.56. The number of thiazole rings is 1. The second-order valence-corrected chi connectivity index (χ2v) is 6.94. The van der Waals surface area contributed by atoms with Crippen LogP contribution in [0.3, 0.4) is 0 Å². The molecular weight excluding hydrogens is 315 g/mol. The quantitative estimate of drug-likeness (QED) is 0.882. The number of aliphatic hydroxyl groups excluding tert-OH is 1. The molecule has 0 saturated heterocycles. The van der Waals surface area contributed by atoms with Gasteiger partial charge in [-0.25, -0.2) is 9.37 Å². The summed E-state index contributed by atoms with van der Waals surface area (Å²) in [7, 11) is 0. The molecule has 0 spiro atoms. The molecular formula is C17H21FN2O2S. The van der Waals surface area contributed by atoms with E-state index < -0.39 is 6.10 Å². The van der Waals surface area contributed by atoms with Crippen molar-refractivity contribution >= 4 is 17.2 Å². The molecule has 2 aromatic rings. The molecule has 0 aliphatic carbocycles. The highest BCUT2D eigenvalue weighted by molar-refractivity contribution is 7.13. The minimum Gasteiger partial charge on any atom is -0.392 e. The van der Waals surface area contributed by atoms with Gasteiger partial charge < -0.3 is 10.0 Å². The van der Waals surface area contributed by atoms with Crippen molar-refractivity contribution in [3.05, 3.63) is 51.7 Å². The molecule has 1 unspecified atom stereocenters. The van der Waals surface area contributed by atoms with Crippen LogP contribution in [0.2, 0.25) is 0 Å². The molecule has 0 bridgehead atoms. The van der Waals surface area contributed by atoms with E-state index in [0.29, 0.717) is 17.8 Å². The van der Waals surface area contributed by atoms with Crippen molar-refractivity contribution in [3.8, 4) is 0 Å². The van der Waals surface area contributed by atoms with Crippen LogP contribution in [0.1, 0.15) is 41.0 Å². The van der Waals surface area contributed by atoms with Gasteiger partial charge in [0.2, 0.25) is 0 Å². The Morgan fingerprint density at radius 2 is 1.96 bits per heavy atom. The van der Waals surface area contributed by atoms with Gasteiger partial charge in [0.05, 0.1) is 17.3 Å². The third-order valence-electron chi connectivity index (χ3n) is 3.38. The zero-order valence-corrected chi connectivity index (χ0v) is 14.3. The number of aromatic nitrogens is 1. The predicted molar refractivity (Wildman–Crippen MR) is 89.2 cm³/mol. The van der Waals surface area contributed by atoms with Gasteiger partial charge in [-0.1, -0.05) is 12.1 Å². The Balaban J connectivity index is 2.10. The van der Waals surface area contributed by atoms with E-state index in [1.165, 1.54) is 23.5 Å². The van der Waals surface area contributed by atoms with E-state index in [9.17, 15) is 14.3 Å². The van der Waals surface area contributed by atoms with Gasteiger partial charge in [0, 0.05) is 19.0 Å². The topological polar surface area (TPSA) is 53.4 Å². The fourth-order valence-electron chi connectivity index (χ4n) is 2.22. The van der Waals surface area contributed by atoms with Crippen molar-refractivity contribution in [2.75, 3.05) is 6.54 Å². The lowest BCUT2D eigenvalue weighted by Crippen LogP contribution is -2.41. The van der Waals surface area contributed by atoms with Crippen molar-refractivity contribution < 1.29 is 14.3 Å². The molecule has 0 saturated carbocycles. The summed E-state index contributed by atoms with van der Waals surface area (Å²) in [6, 6.07) is 6.26. The number of nitrogens with zero attached hydrogens (tertiary/aromatic N) is 2. The lowest BCUT2D eigenvalue weighted by molar-refractivity contribution is 0.0583. The number of halogens is 1. The molecule has 1 heterocycles. The molecule has 23 heavy (non-hydrogen) atoms. The van der Waals surface area contributed by atoms with Gasteiger partial charge in [-0.2, -0.15) is 0 Å². The van der Waals surface area contributed by atoms with Crippen LogP contribution in [-0.2, 0) is 6.42 Å². The van der Waals surface area contributed by atoms with Crippen molar-refractivity contribution in [1.82, 2.24) is 9.88 Å². The fourth-order valence-corrected chi connectivity index (χ4v) is 3.13. The van der Waals surface area contributed by atoms with Crippen molar-refractivity contribution in [1.29, 1.82) is 0 Å². The SMILES string of the molecule is CC(O)CN(C(=O)c1cnc(Cc2ccc(F)cc2)s1)C(C)C. The molecule has 0 fully saturated rings. The van der Waals surface area contributed by atoms with E-state index in [0.717, 1.165) is 10.6 Å². The van der Waals surface area contributed by atoms with Crippen LogP contribution in [0.25, 0.3) is 0 Å². The second-order valence-electron chi connectivity index (χ2n) is 5.82. The van der Waals surface area contributed by atoms with Gasteiger partial charge in [-0.3, -0.25) is 4.79 Å². The molecule has 6 heteroatoms. The predicted octanol–water partition coefficient (Wildman–Crippen LogP) is 3.10. The maximum Gasteiger partial charge on any atom is 0.265 e. The van der Waals surface area contributed by atoms with Crippen LogP contribution in [0.5, 0.6) is 0 Å². The van der Waals surface area contributed by atoms with E-state index in [1.54, 1.807) is 30.2 Å². The van der Waals surface area contributed by atoms with Crippen molar-refractivity contribution in [2.24, 2.45) is 0 Å². The van der Waals surface area contributed by atoms with Crippen LogP contribution in [-0.4, -0.2) is 39.6 Å². The third kappa shape index (κ3) is 4.84. The number of rotatable bonds is 6. The third-order valence-corrected chi connectivity index (χ3v) is 4.36. The summed E-state index contributed by atoms with van der Waals surface area (Å²) in [5.41, 5.74) is 0.949. The summed E-state index contributed by atoms with van der Waals surface area (Å²) in [5, 5.41) is 10.4. The maximum absolute atomic E-state index is 12.9. The highest BCUT2D eigenvalue weighted by Gasteiger charge is 2.22. The average molecular weight is 336 g/mol. The lowest BCUT2D eigenvalue weighted by atomic mass is 10.2. The standard InChI is InChI=1S/C17H21FN2O2S/c1-11(2)20(10-12(3)21)17(22)15-9-19-16(23-15)8-13-4-6-14(18)7-5-13/h4-7,9,11-12,21H,8,10H2,1-3H3. The van der Waals surface area contributed by atoms with Crippen LogP contribution < -0.4 is 0 Å². The second kappa shape index (κ2) is 7.66. The number of hydrogen-bond donors (Lipinski definition) is 1. The Labute approximate surface area is 139 Å². The Morgan fingerprint density at radius 3 is 2.52 bits per heavy atom. The number of aliphatic hydroxyl groups is 1. The normalized spacial score (nSPS) is 12.4. The number of amides is 1. The Morgan fingerprint density at radius 1 is 1.30 bits per heavy atom. The van der Waals surface area contributed by atoms with Gasteiger partial charge >= 0.3 is 0 Å². The molecule has 1 N–H and O–H groups in total. The van der Waals surface area contributed by atoms with Gasteiger partial charge in [-0.15, -0.1) is 11.3 Å². The van der Waals surface area contributed by atoms with Gasteiger partial charge in [0.15, 0.2) is 0 Å². The zero-order chi connectivity index (χ0) is 17.0. The molecule has 0 aliphatic heterocycles. The van der Waals surface area contributed by atoms with E-state index >= 15 is 0 Å². The number of hydrogen-bond acceptors (Lipinski definition) is 4. The Kier molecular flexibility index (Phi) is 5.85. The molecule has 1 aromatic heterocycles. The summed E-state index contributed by atoms with van der Waals surface area (Å²) in [4.78, 5) is 19.0. The molecule has 0 radical (unpaired) electrons. The first kappa shape index (κ1) is 17.6. The van der Waals surface area contributed by atoms with Gasteiger partial charge in [0.1, 0.15) is 10.7 Å². The highest BCUT2D eigenvalue weighted by Crippen LogP contribution is 2.20. The van der Waals surface area contributed by atoms with Gasteiger partial charge in [0.25, 0.3) is 5.91 Å². The molecule has 0 aliphatic rings. The number of benzene rings is 1. The van der Waals surface area contributed by atoms with E-state index in [4.69, 9.17) is 0 Å². The van der Waals surface area contributed by atoms with E-state index in [2.05, 4.69) is 4.98 Å². The zero-order valence-electron chi connectivity index (χ0n) is 13.5. The minimum atomic E-state index is -0.576. The largest absolute Gasteiger partial charge is 0.392 e. The first-order chi connectivity index (χ1) is 10.9. The maximum atomic E-state index is 12.9. The molecule has 1 amide bonds. The van der Waals surface area contributed by atoms with E-state index in [1.807, 2.05) is 13.8 Å². The molecule has 4 nitrogen and oxygen atoms in total. The Hall–Kier alpha value is -1.79. The van der Waals surface area contributed by atoms with Crippen molar-refractivity contribution in [2.45, 2.75) is 39.3 Å². The smallest absolute Gasteiger partial charge is 0.265 e. The van der Waals surface area contributed by atoms with Crippen LogP contribution >= 0.6 is 11.3 Å². The van der Waals surface area contributed by atoms with Gasteiger partial charge in [-0.05, 0) is 38.5 Å². The molecule has 1 aromatic carbocycles. The van der Waals surface area contributed by atoms with E-state index in [-0.39, 0.29) is 17.8 Å². The lowest BCUT2D eigenvalue weighted by Gasteiger charge is -2.27. The van der Waals surface area contributed by atoms with Crippen LogP contribution in [0.4, 0.5) is 4.39 Å². The van der Waals surface area contributed by atoms with Crippen LogP contribution in [0, 0.1) is 5.82 Å². The monoisotopic (exact) mass is 336 g/mol. The summed E-state index contributed by atoms with van der Waals surface area (Å²) < 4.78 is 12.9. The number of carbonyl (C=O) groups excluding carboxylic acids is 1. The molecule has 124 valence electrons. The first-order valence-corrected chi connectivity index (χ1v) is 8.36. The van der Waals surface area contributed by atoms with Crippen LogP contribution in [0.15, 0.2) is 30.5 Å². The summed E-state index contributed by atoms with van der Waals surface area (Å²) in [6.45, 7) is 5.79. The number of carbonyl (C=O) groups is 1. The summed E-state index contributed by atoms with van der Waals surface area (Å²) >= 11 is 1.34. The fraction of sp³-hybridized carbons (Fsp3) is 0.412. The summed E-state index contributed by atoms with van der Waals surface area (Å²) in [5.74, 6) is -0.391. The van der Waals surface area contributed by atoms with Crippen molar-refractivity contribution in [3.63, 3.8) is 0 Å². The average Bonchev–Trinajstić information content (AvgIpc) is 2.94. The Bertz CT molecular complexity index is 653.